The summed E-state index contributed by atoms with van der Waals surface area (Å²) in [4.78, 5) is 0. The van der Waals surface area contributed by atoms with E-state index in [1.807, 2.05) is 0 Å². The van der Waals surface area contributed by atoms with Crippen molar-refractivity contribution in [2.45, 2.75) is 51.9 Å². The van der Waals surface area contributed by atoms with Crippen molar-refractivity contribution in [3.05, 3.63) is 0 Å². The highest BCUT2D eigenvalue weighted by Gasteiger charge is 2.16. The SMILES string of the molecule is CCCCCCCCCS(=O)(=O)S(=O)O. The summed E-state index contributed by atoms with van der Waals surface area (Å²) in [6.45, 7) is 2.14. The zero-order valence-corrected chi connectivity index (χ0v) is 10.8. The molecule has 0 aromatic rings. The Morgan fingerprint density at radius 2 is 1.47 bits per heavy atom. The predicted octanol–water partition coefficient (Wildman–Crippen LogP) is 2.29. The Hall–Kier alpha value is 0.0600. The molecule has 92 valence electrons. The highest BCUT2D eigenvalue weighted by atomic mass is 33.2. The van der Waals surface area contributed by atoms with Crippen LogP contribution in [0.15, 0.2) is 0 Å². The van der Waals surface area contributed by atoms with Crippen molar-refractivity contribution in [1.82, 2.24) is 0 Å². The highest BCUT2D eigenvalue weighted by molar-refractivity contribution is 8.62. The molecule has 0 rings (SSSR count). The minimum absolute atomic E-state index is 0.177. The second-order valence-corrected chi connectivity index (χ2v) is 7.94. The number of hydrogen-bond acceptors (Lipinski definition) is 3. The Balaban J connectivity index is 3.43. The summed E-state index contributed by atoms with van der Waals surface area (Å²) in [5.74, 6) is -0.177. The van der Waals surface area contributed by atoms with Crippen molar-refractivity contribution < 1.29 is 17.2 Å². The van der Waals surface area contributed by atoms with Crippen LogP contribution in [0.1, 0.15) is 51.9 Å². The molecule has 15 heavy (non-hydrogen) atoms. The quantitative estimate of drug-likeness (QED) is 0.390. The Morgan fingerprint density at radius 1 is 1.00 bits per heavy atom. The second kappa shape index (κ2) is 8.24. The molecule has 0 spiro atoms. The lowest BCUT2D eigenvalue weighted by Gasteiger charge is -2.00. The van der Waals surface area contributed by atoms with Crippen molar-refractivity contribution in [3.8, 4) is 0 Å². The zero-order chi connectivity index (χ0) is 11.7. The van der Waals surface area contributed by atoms with Gasteiger partial charge in [-0.25, -0.2) is 12.6 Å². The summed E-state index contributed by atoms with van der Waals surface area (Å²) in [5.41, 5.74) is 0. The molecular weight excluding hydrogens is 236 g/mol. The van der Waals surface area contributed by atoms with Crippen LogP contribution in [-0.4, -0.2) is 22.9 Å². The fourth-order valence-electron chi connectivity index (χ4n) is 1.31. The third-order valence-corrected chi connectivity index (χ3v) is 5.24. The first-order chi connectivity index (χ1) is 7.00. The molecular formula is C9H20O4S2. The fraction of sp³-hybridized carbons (Fsp3) is 1.00. The van der Waals surface area contributed by atoms with Gasteiger partial charge < -0.3 is 0 Å². The van der Waals surface area contributed by atoms with Crippen LogP contribution < -0.4 is 0 Å². The topological polar surface area (TPSA) is 71.4 Å². The van der Waals surface area contributed by atoms with Gasteiger partial charge in [0, 0.05) is 0 Å². The molecule has 0 saturated heterocycles. The molecule has 0 aliphatic heterocycles. The van der Waals surface area contributed by atoms with Crippen molar-refractivity contribution >= 4 is 19.0 Å². The molecule has 0 bridgehead atoms. The number of unbranched alkanes of at least 4 members (excludes halogenated alkanes) is 6. The molecule has 0 aromatic heterocycles. The van der Waals surface area contributed by atoms with E-state index >= 15 is 0 Å². The largest absolute Gasteiger partial charge is 0.294 e. The van der Waals surface area contributed by atoms with Crippen molar-refractivity contribution in [2.24, 2.45) is 0 Å². The Bertz CT molecular complexity index is 272. The first-order valence-electron chi connectivity index (χ1n) is 5.35. The lowest BCUT2D eigenvalue weighted by atomic mass is 10.1. The van der Waals surface area contributed by atoms with Gasteiger partial charge in [0.2, 0.25) is 0 Å². The van der Waals surface area contributed by atoms with E-state index < -0.39 is 19.0 Å². The van der Waals surface area contributed by atoms with Crippen LogP contribution in [0, 0.1) is 0 Å². The normalized spacial score (nSPS) is 14.0. The van der Waals surface area contributed by atoms with Crippen LogP contribution in [0.25, 0.3) is 0 Å². The molecule has 0 saturated carbocycles. The molecule has 0 fully saturated rings. The van der Waals surface area contributed by atoms with E-state index in [9.17, 15) is 12.6 Å². The molecule has 1 unspecified atom stereocenters. The van der Waals surface area contributed by atoms with Crippen molar-refractivity contribution in [2.75, 3.05) is 5.75 Å². The van der Waals surface area contributed by atoms with Gasteiger partial charge in [-0.05, 0) is 6.42 Å². The smallest absolute Gasteiger partial charge is 0.274 e. The van der Waals surface area contributed by atoms with Gasteiger partial charge in [-0.3, -0.25) is 4.55 Å². The van der Waals surface area contributed by atoms with Gasteiger partial charge in [0.1, 0.15) is 0 Å². The summed E-state index contributed by atoms with van der Waals surface area (Å²) in [5, 5.41) is 0. The maximum Gasteiger partial charge on any atom is 0.274 e. The maximum atomic E-state index is 10.9. The maximum absolute atomic E-state index is 10.9. The van der Waals surface area contributed by atoms with Crippen molar-refractivity contribution in [1.29, 1.82) is 0 Å². The van der Waals surface area contributed by atoms with Crippen LogP contribution in [0.5, 0.6) is 0 Å². The standard InChI is InChI=1S/C9H20O4S2/c1-2-3-4-5-6-7-8-9-15(12,13)14(10)11/h2-9H2,1H3,(H,10,11). The van der Waals surface area contributed by atoms with Gasteiger partial charge in [-0.1, -0.05) is 45.4 Å². The molecule has 0 aliphatic rings. The van der Waals surface area contributed by atoms with E-state index in [0.717, 1.165) is 19.3 Å². The lowest BCUT2D eigenvalue weighted by Crippen LogP contribution is -2.11. The summed E-state index contributed by atoms with van der Waals surface area (Å²) < 4.78 is 40.6. The van der Waals surface area contributed by atoms with Gasteiger partial charge in [-0.15, -0.1) is 0 Å². The van der Waals surface area contributed by atoms with Gasteiger partial charge in [0.05, 0.1) is 5.75 Å². The van der Waals surface area contributed by atoms with Gasteiger partial charge in [0.15, 0.2) is 0 Å². The molecule has 0 aliphatic carbocycles. The monoisotopic (exact) mass is 256 g/mol. The average Bonchev–Trinajstić information content (AvgIpc) is 2.16. The lowest BCUT2D eigenvalue weighted by molar-refractivity contribution is 0.558. The number of hydrogen-bond donors (Lipinski definition) is 1. The van der Waals surface area contributed by atoms with E-state index in [1.54, 1.807) is 0 Å². The Morgan fingerprint density at radius 3 is 1.93 bits per heavy atom. The predicted molar refractivity (Wildman–Crippen MR) is 62.6 cm³/mol. The first kappa shape index (κ1) is 15.1. The van der Waals surface area contributed by atoms with Gasteiger partial charge >= 0.3 is 0 Å². The van der Waals surface area contributed by atoms with Crippen LogP contribution in [0.3, 0.4) is 0 Å². The minimum atomic E-state index is -3.77. The third-order valence-electron chi connectivity index (χ3n) is 2.22. The van der Waals surface area contributed by atoms with Crippen LogP contribution in [0.2, 0.25) is 0 Å². The van der Waals surface area contributed by atoms with E-state index in [0.29, 0.717) is 6.42 Å². The average molecular weight is 256 g/mol. The van der Waals surface area contributed by atoms with Crippen LogP contribution in [-0.2, 0) is 19.0 Å². The molecule has 4 nitrogen and oxygen atoms in total. The van der Waals surface area contributed by atoms with E-state index in [4.69, 9.17) is 4.55 Å². The molecule has 1 N–H and O–H groups in total. The summed E-state index contributed by atoms with van der Waals surface area (Å²) in [6.07, 6.45) is 7.04. The third kappa shape index (κ3) is 7.93. The number of rotatable bonds is 9. The van der Waals surface area contributed by atoms with Crippen LogP contribution in [0.4, 0.5) is 0 Å². The molecule has 0 aromatic carbocycles. The first-order valence-corrected chi connectivity index (χ1v) is 8.62. The minimum Gasteiger partial charge on any atom is -0.294 e. The summed E-state index contributed by atoms with van der Waals surface area (Å²) in [7, 11) is -6.48. The summed E-state index contributed by atoms with van der Waals surface area (Å²) in [6, 6.07) is 0. The summed E-state index contributed by atoms with van der Waals surface area (Å²) >= 11 is 0. The second-order valence-electron chi connectivity index (χ2n) is 3.60. The molecule has 6 heteroatoms. The Labute approximate surface area is 94.1 Å². The Kier molecular flexibility index (Phi) is 8.27. The highest BCUT2D eigenvalue weighted by Crippen LogP contribution is 2.08. The molecule has 0 radical (unpaired) electrons. The van der Waals surface area contributed by atoms with Gasteiger partial charge in [-0.2, -0.15) is 0 Å². The van der Waals surface area contributed by atoms with E-state index in [2.05, 4.69) is 6.92 Å². The molecule has 0 amide bonds. The van der Waals surface area contributed by atoms with E-state index in [-0.39, 0.29) is 5.75 Å². The van der Waals surface area contributed by atoms with Gasteiger partial charge in [0.25, 0.3) is 19.0 Å². The molecule has 0 heterocycles. The fourth-order valence-corrected chi connectivity index (χ4v) is 2.79. The molecule has 1 atom stereocenters. The van der Waals surface area contributed by atoms with Crippen molar-refractivity contribution in [3.63, 3.8) is 0 Å². The van der Waals surface area contributed by atoms with E-state index in [1.165, 1.54) is 19.3 Å². The van der Waals surface area contributed by atoms with Crippen LogP contribution >= 0.6 is 0 Å². The zero-order valence-electron chi connectivity index (χ0n) is 9.15.